The number of nitrogens with one attached hydrogen (secondary N) is 1. The van der Waals surface area contributed by atoms with Gasteiger partial charge in [0.2, 0.25) is 0 Å². The number of amides is 1. The first-order valence-electron chi connectivity index (χ1n) is 15.2. The zero-order valence-electron chi connectivity index (χ0n) is 27.5. The average molecular weight is 647 g/mol. The van der Waals surface area contributed by atoms with Gasteiger partial charge in [0.25, 0.3) is 0 Å². The van der Waals surface area contributed by atoms with Crippen molar-refractivity contribution in [1.82, 2.24) is 5.32 Å². The number of ether oxygens (including phenoxy) is 3. The fraction of sp³-hybridized carbons (Fsp3) is 0.361. The van der Waals surface area contributed by atoms with Crippen LogP contribution in [0.1, 0.15) is 70.9 Å². The van der Waals surface area contributed by atoms with E-state index in [1.165, 1.54) is 6.21 Å². The fourth-order valence-corrected chi connectivity index (χ4v) is 5.03. The van der Waals surface area contributed by atoms with Gasteiger partial charge in [-0.2, -0.15) is 0 Å². The first-order valence-corrected chi connectivity index (χ1v) is 16.3. The van der Waals surface area contributed by atoms with E-state index in [0.717, 1.165) is 33.2 Å². The summed E-state index contributed by atoms with van der Waals surface area (Å²) in [5.74, 6) is 0.745. The molecule has 0 bridgehead atoms. The third kappa shape index (κ3) is 9.86. The molecule has 0 saturated carbocycles. The topological polar surface area (TPSA) is 122 Å². The van der Waals surface area contributed by atoms with Crippen molar-refractivity contribution in [1.29, 1.82) is 0 Å². The van der Waals surface area contributed by atoms with Gasteiger partial charge in [0.05, 0.1) is 13.0 Å². The summed E-state index contributed by atoms with van der Waals surface area (Å²) in [5, 5.41) is 3.62. The Morgan fingerprint density at radius 3 is 2.46 bits per heavy atom. The second-order valence-corrected chi connectivity index (χ2v) is 14.7. The summed E-state index contributed by atoms with van der Waals surface area (Å²) >= 11 is -1.44. The Morgan fingerprint density at radius 2 is 1.74 bits per heavy atom. The van der Waals surface area contributed by atoms with Crippen molar-refractivity contribution in [2.75, 3.05) is 6.61 Å². The zero-order chi connectivity index (χ0) is 33.5. The molecular weight excluding hydrogens is 604 g/mol. The standard InChI is InChI=1S/C36H42N2O7S/c1-8-42-32(39)20-27-13-9-10-15-31(27)43-23-25-17-28-19-29(22-38-46(41)36(5,6)7)44-33(28)30(18-25)26-14-11-12-24(16-26)21-37-34(40)45-35(2,3)4/h9-19,22H,8,20-21,23H2,1-7H3,(H,37,40). The lowest BCUT2D eigenvalue weighted by Gasteiger charge is -2.19. The molecule has 0 saturated heterocycles. The van der Waals surface area contributed by atoms with Crippen LogP contribution in [-0.4, -0.2) is 39.8 Å². The van der Waals surface area contributed by atoms with E-state index in [-0.39, 0.29) is 25.5 Å². The van der Waals surface area contributed by atoms with Crippen LogP contribution in [0, 0.1) is 0 Å². The molecule has 0 fully saturated rings. The normalized spacial score (nSPS) is 12.7. The van der Waals surface area contributed by atoms with E-state index in [4.69, 9.17) is 18.6 Å². The van der Waals surface area contributed by atoms with Gasteiger partial charge in [0.15, 0.2) is 5.76 Å². The minimum absolute atomic E-state index is 0.110. The average Bonchev–Trinajstić information content (AvgIpc) is 3.40. The van der Waals surface area contributed by atoms with Crippen molar-refractivity contribution in [2.45, 2.75) is 78.4 Å². The number of benzene rings is 3. The van der Waals surface area contributed by atoms with Crippen LogP contribution in [0.2, 0.25) is 0 Å². The molecule has 0 aliphatic carbocycles. The zero-order valence-corrected chi connectivity index (χ0v) is 28.3. The second-order valence-electron chi connectivity index (χ2n) is 12.7. The molecule has 3 aromatic carbocycles. The maximum absolute atomic E-state index is 12.6. The minimum atomic E-state index is -1.44. The molecule has 4 aromatic rings. The highest BCUT2D eigenvalue weighted by molar-refractivity contribution is 7.91. The molecule has 4 rings (SSSR count). The number of rotatable bonds is 11. The summed E-state index contributed by atoms with van der Waals surface area (Å²) in [6.07, 6.45) is 1.11. The maximum atomic E-state index is 12.6. The third-order valence-electron chi connectivity index (χ3n) is 6.58. The number of hydrogen-bond acceptors (Lipinski definition) is 8. The molecule has 1 atom stereocenters. The number of hydrogen-bond donors (Lipinski definition) is 1. The Kier molecular flexibility index (Phi) is 11.2. The summed E-state index contributed by atoms with van der Waals surface area (Å²) in [7, 11) is 0. The number of carbonyl (C=O) groups is 2. The van der Waals surface area contributed by atoms with E-state index < -0.39 is 27.8 Å². The van der Waals surface area contributed by atoms with Crippen molar-refractivity contribution in [3.63, 3.8) is 0 Å². The van der Waals surface area contributed by atoms with Gasteiger partial charge in [-0.25, -0.2) is 4.79 Å². The molecule has 0 radical (unpaired) electrons. The van der Waals surface area contributed by atoms with Gasteiger partial charge in [-0.15, -0.1) is 0 Å². The van der Waals surface area contributed by atoms with Gasteiger partial charge in [0.1, 0.15) is 45.9 Å². The lowest BCUT2D eigenvalue weighted by molar-refractivity contribution is -0.142. The SMILES string of the molecule is CCOC(=O)Cc1ccccc1OCc1cc(-c2cccc(CNC(=O)OC(C)(C)C)c2)c2oc(C=N[S+]([O-])C(C)(C)C)cc2c1. The van der Waals surface area contributed by atoms with Crippen LogP contribution >= 0.6 is 0 Å². The van der Waals surface area contributed by atoms with E-state index >= 15 is 0 Å². The molecule has 10 heteroatoms. The first-order chi connectivity index (χ1) is 21.7. The highest BCUT2D eigenvalue weighted by atomic mass is 32.2. The Hall–Kier alpha value is -4.28. The number of alkyl carbamates (subject to hydrolysis) is 1. The highest BCUT2D eigenvalue weighted by Gasteiger charge is 2.26. The molecule has 0 aliphatic heterocycles. The van der Waals surface area contributed by atoms with E-state index in [0.29, 0.717) is 23.7 Å². The van der Waals surface area contributed by atoms with Crippen molar-refractivity contribution in [3.05, 3.63) is 89.2 Å². The summed E-state index contributed by atoms with van der Waals surface area (Å²) < 4.78 is 39.3. The van der Waals surface area contributed by atoms with Crippen LogP contribution in [0.5, 0.6) is 5.75 Å². The van der Waals surface area contributed by atoms with Crippen LogP contribution in [0.4, 0.5) is 4.79 Å². The number of esters is 1. The Balaban J connectivity index is 1.67. The van der Waals surface area contributed by atoms with Gasteiger partial charge in [0, 0.05) is 23.1 Å². The van der Waals surface area contributed by atoms with Gasteiger partial charge in [-0.05, 0) is 95.5 Å². The number of carbonyl (C=O) groups excluding carboxylic acids is 2. The van der Waals surface area contributed by atoms with Gasteiger partial charge < -0.3 is 28.5 Å². The van der Waals surface area contributed by atoms with Crippen LogP contribution in [0.25, 0.3) is 22.1 Å². The molecule has 46 heavy (non-hydrogen) atoms. The first kappa shape index (κ1) is 34.6. The lowest BCUT2D eigenvalue weighted by Crippen LogP contribution is -2.32. The molecule has 0 spiro atoms. The summed E-state index contributed by atoms with van der Waals surface area (Å²) in [5.41, 5.74) is 4.20. The molecule has 1 aromatic heterocycles. The van der Waals surface area contributed by atoms with Crippen molar-refractivity contribution in [2.24, 2.45) is 4.40 Å². The van der Waals surface area contributed by atoms with Gasteiger partial charge >= 0.3 is 12.1 Å². The maximum Gasteiger partial charge on any atom is 0.407 e. The Bertz CT molecular complexity index is 1700. The molecule has 0 aliphatic rings. The van der Waals surface area contributed by atoms with E-state index in [9.17, 15) is 14.1 Å². The second kappa shape index (κ2) is 14.9. The monoisotopic (exact) mass is 646 g/mol. The van der Waals surface area contributed by atoms with Crippen LogP contribution in [-0.2, 0) is 45.2 Å². The predicted octanol–water partition coefficient (Wildman–Crippen LogP) is 7.69. The largest absolute Gasteiger partial charge is 0.591 e. The van der Waals surface area contributed by atoms with Gasteiger partial charge in [-0.3, -0.25) is 4.79 Å². The summed E-state index contributed by atoms with van der Waals surface area (Å²) in [6.45, 7) is 13.6. The quantitative estimate of drug-likeness (QED) is 0.101. The molecule has 1 N–H and O–H groups in total. The molecule has 1 amide bonds. The van der Waals surface area contributed by atoms with Crippen molar-refractivity contribution < 1.29 is 32.8 Å². The summed E-state index contributed by atoms with van der Waals surface area (Å²) in [4.78, 5) is 24.4. The molecule has 1 heterocycles. The van der Waals surface area contributed by atoms with Gasteiger partial charge in [-0.1, -0.05) is 40.8 Å². The number of para-hydroxylation sites is 1. The lowest BCUT2D eigenvalue weighted by atomic mass is 9.99. The van der Waals surface area contributed by atoms with Crippen molar-refractivity contribution >= 4 is 40.6 Å². The van der Waals surface area contributed by atoms with E-state index in [1.807, 2.05) is 108 Å². The minimum Gasteiger partial charge on any atom is -0.591 e. The van der Waals surface area contributed by atoms with Crippen LogP contribution < -0.4 is 10.1 Å². The van der Waals surface area contributed by atoms with Crippen molar-refractivity contribution in [3.8, 4) is 16.9 Å². The van der Waals surface area contributed by atoms with Crippen LogP contribution in [0.3, 0.4) is 0 Å². The molecule has 244 valence electrons. The van der Waals surface area contributed by atoms with E-state index in [1.54, 1.807) is 6.92 Å². The third-order valence-corrected chi connectivity index (χ3v) is 7.92. The summed E-state index contributed by atoms with van der Waals surface area (Å²) in [6, 6.07) is 21.0. The van der Waals surface area contributed by atoms with E-state index in [2.05, 4.69) is 9.71 Å². The molecule has 1 unspecified atom stereocenters. The highest BCUT2D eigenvalue weighted by Crippen LogP contribution is 2.34. The van der Waals surface area contributed by atoms with Crippen LogP contribution in [0.15, 0.2) is 75.5 Å². The Morgan fingerprint density at radius 1 is 0.978 bits per heavy atom. The number of furan rings is 1. The predicted molar refractivity (Wildman–Crippen MR) is 181 cm³/mol. The smallest absolute Gasteiger partial charge is 0.407 e. The Labute approximate surface area is 273 Å². The molecular formula is C36H42N2O7S. The fourth-order valence-electron chi connectivity index (χ4n) is 4.51. The molecule has 9 nitrogen and oxygen atoms in total. The number of nitrogens with zero attached hydrogens (tertiary/aromatic N) is 1. The number of fused-ring (bicyclic) bond motifs is 1.